The van der Waals surface area contributed by atoms with Crippen LogP contribution in [0.3, 0.4) is 0 Å². The highest BCUT2D eigenvalue weighted by atomic mass is 16.2. The van der Waals surface area contributed by atoms with Crippen LogP contribution in [0.25, 0.3) is 0 Å². The molecule has 0 spiro atoms. The molecule has 2 N–H and O–H groups in total. The Morgan fingerprint density at radius 3 is 2.33 bits per heavy atom. The molecule has 0 bridgehead atoms. The Bertz CT molecular complexity index is 182. The average Bonchev–Trinajstić information content (AvgIpc) is 2.24. The van der Waals surface area contributed by atoms with Crippen molar-refractivity contribution in [1.82, 2.24) is 4.90 Å². The predicted molar refractivity (Wildman–Crippen MR) is 64.6 cm³/mol. The third-order valence-corrected chi connectivity index (χ3v) is 2.90. The lowest BCUT2D eigenvalue weighted by atomic mass is 10.1. The number of carbonyl (C=O) groups is 1. The first-order chi connectivity index (χ1) is 7.04. The minimum Gasteiger partial charge on any atom is -0.342 e. The molecular weight excluding hydrogens is 188 g/mol. The second-order valence-corrected chi connectivity index (χ2v) is 4.34. The van der Waals surface area contributed by atoms with Gasteiger partial charge in [0.15, 0.2) is 0 Å². The second-order valence-electron chi connectivity index (χ2n) is 4.34. The molecule has 0 aromatic carbocycles. The maximum Gasteiger partial charge on any atom is 0.239 e. The molecule has 0 aromatic rings. The largest absolute Gasteiger partial charge is 0.342 e. The summed E-state index contributed by atoms with van der Waals surface area (Å²) >= 11 is 0. The van der Waals surface area contributed by atoms with Crippen molar-refractivity contribution in [2.75, 3.05) is 7.05 Å². The zero-order chi connectivity index (χ0) is 11.8. The SMILES string of the molecule is CCCCC(N)C(=O)N(C)C(C)CCC. The number of likely N-dealkylation sites (N-methyl/N-ethyl adjacent to an activating group) is 1. The van der Waals surface area contributed by atoms with Gasteiger partial charge in [-0.25, -0.2) is 0 Å². The van der Waals surface area contributed by atoms with Crippen LogP contribution in [0.4, 0.5) is 0 Å². The van der Waals surface area contributed by atoms with Crippen molar-refractivity contribution in [3.05, 3.63) is 0 Å². The number of hydrogen-bond donors (Lipinski definition) is 1. The van der Waals surface area contributed by atoms with Gasteiger partial charge in [-0.2, -0.15) is 0 Å². The lowest BCUT2D eigenvalue weighted by Crippen LogP contribution is -2.45. The monoisotopic (exact) mass is 214 g/mol. The molecular formula is C12H26N2O. The standard InChI is InChI=1S/C12H26N2O/c1-5-7-9-11(13)12(15)14(4)10(3)8-6-2/h10-11H,5-9,13H2,1-4H3. The van der Waals surface area contributed by atoms with Gasteiger partial charge in [-0.05, 0) is 19.8 Å². The topological polar surface area (TPSA) is 46.3 Å². The van der Waals surface area contributed by atoms with Crippen LogP contribution in [-0.4, -0.2) is 29.9 Å². The van der Waals surface area contributed by atoms with Crippen LogP contribution in [0.2, 0.25) is 0 Å². The predicted octanol–water partition coefficient (Wildman–Crippen LogP) is 2.15. The maximum atomic E-state index is 11.9. The van der Waals surface area contributed by atoms with E-state index < -0.39 is 0 Å². The van der Waals surface area contributed by atoms with Gasteiger partial charge in [0.25, 0.3) is 0 Å². The summed E-state index contributed by atoms with van der Waals surface area (Å²) in [5.41, 5.74) is 5.85. The summed E-state index contributed by atoms with van der Waals surface area (Å²) < 4.78 is 0. The average molecular weight is 214 g/mol. The third-order valence-electron chi connectivity index (χ3n) is 2.90. The fraction of sp³-hybridized carbons (Fsp3) is 0.917. The number of carbonyl (C=O) groups excluding carboxylic acids is 1. The molecule has 0 fully saturated rings. The fourth-order valence-corrected chi connectivity index (χ4v) is 1.64. The Morgan fingerprint density at radius 2 is 1.87 bits per heavy atom. The van der Waals surface area contributed by atoms with Gasteiger partial charge in [0.05, 0.1) is 6.04 Å². The van der Waals surface area contributed by atoms with Gasteiger partial charge in [-0.15, -0.1) is 0 Å². The minimum absolute atomic E-state index is 0.0874. The van der Waals surface area contributed by atoms with E-state index in [1.165, 1.54) is 0 Å². The summed E-state index contributed by atoms with van der Waals surface area (Å²) in [5.74, 6) is 0.0874. The van der Waals surface area contributed by atoms with Crippen molar-refractivity contribution in [1.29, 1.82) is 0 Å². The normalized spacial score (nSPS) is 14.7. The van der Waals surface area contributed by atoms with Crippen molar-refractivity contribution >= 4 is 5.91 Å². The highest BCUT2D eigenvalue weighted by Crippen LogP contribution is 2.08. The third kappa shape index (κ3) is 5.17. The summed E-state index contributed by atoms with van der Waals surface area (Å²) in [7, 11) is 1.86. The first-order valence-electron chi connectivity index (χ1n) is 6.06. The number of rotatable bonds is 7. The van der Waals surface area contributed by atoms with Crippen LogP contribution < -0.4 is 5.73 Å². The molecule has 0 radical (unpaired) electrons. The Balaban J connectivity index is 4.05. The van der Waals surface area contributed by atoms with Gasteiger partial charge in [0.1, 0.15) is 0 Å². The van der Waals surface area contributed by atoms with Gasteiger partial charge >= 0.3 is 0 Å². The fourth-order valence-electron chi connectivity index (χ4n) is 1.64. The van der Waals surface area contributed by atoms with Crippen LogP contribution in [0, 0.1) is 0 Å². The van der Waals surface area contributed by atoms with E-state index in [-0.39, 0.29) is 11.9 Å². The molecule has 0 aliphatic heterocycles. The number of hydrogen-bond acceptors (Lipinski definition) is 2. The summed E-state index contributed by atoms with van der Waals surface area (Å²) in [6.07, 6.45) is 5.07. The van der Waals surface area contributed by atoms with E-state index in [0.717, 1.165) is 32.1 Å². The lowest BCUT2D eigenvalue weighted by molar-refractivity contribution is -0.133. The van der Waals surface area contributed by atoms with Gasteiger partial charge in [0, 0.05) is 13.1 Å². The number of unbranched alkanes of at least 4 members (excludes halogenated alkanes) is 1. The molecule has 0 heterocycles. The Kier molecular flexibility index (Phi) is 7.39. The van der Waals surface area contributed by atoms with Gasteiger partial charge < -0.3 is 10.6 Å². The molecule has 0 saturated carbocycles. The van der Waals surface area contributed by atoms with E-state index in [4.69, 9.17) is 5.73 Å². The lowest BCUT2D eigenvalue weighted by Gasteiger charge is -2.27. The Morgan fingerprint density at radius 1 is 1.27 bits per heavy atom. The minimum atomic E-state index is -0.311. The molecule has 0 saturated heterocycles. The zero-order valence-electron chi connectivity index (χ0n) is 10.6. The molecule has 0 aliphatic carbocycles. The second kappa shape index (κ2) is 7.69. The smallest absolute Gasteiger partial charge is 0.239 e. The summed E-state index contributed by atoms with van der Waals surface area (Å²) in [6, 6.07) is -0.00978. The Hall–Kier alpha value is -0.570. The van der Waals surface area contributed by atoms with E-state index >= 15 is 0 Å². The maximum absolute atomic E-state index is 11.9. The molecule has 2 atom stereocenters. The molecule has 2 unspecified atom stereocenters. The summed E-state index contributed by atoms with van der Waals surface area (Å²) in [6.45, 7) is 6.32. The van der Waals surface area contributed by atoms with Crippen molar-refractivity contribution in [3.8, 4) is 0 Å². The molecule has 3 heteroatoms. The molecule has 15 heavy (non-hydrogen) atoms. The van der Waals surface area contributed by atoms with E-state index in [1.807, 2.05) is 7.05 Å². The van der Waals surface area contributed by atoms with E-state index in [9.17, 15) is 4.79 Å². The summed E-state index contributed by atoms with van der Waals surface area (Å²) in [4.78, 5) is 13.7. The van der Waals surface area contributed by atoms with Crippen molar-refractivity contribution in [2.45, 2.75) is 65.0 Å². The van der Waals surface area contributed by atoms with E-state index in [2.05, 4.69) is 20.8 Å². The zero-order valence-corrected chi connectivity index (χ0v) is 10.6. The van der Waals surface area contributed by atoms with E-state index in [1.54, 1.807) is 4.90 Å². The van der Waals surface area contributed by atoms with Gasteiger partial charge in [0.2, 0.25) is 5.91 Å². The van der Waals surface area contributed by atoms with Crippen LogP contribution in [0.5, 0.6) is 0 Å². The molecule has 3 nitrogen and oxygen atoms in total. The molecule has 0 aromatic heterocycles. The van der Waals surface area contributed by atoms with Crippen LogP contribution in [0.15, 0.2) is 0 Å². The number of nitrogens with two attached hydrogens (primary N) is 1. The summed E-state index contributed by atoms with van der Waals surface area (Å²) in [5, 5.41) is 0. The molecule has 90 valence electrons. The van der Waals surface area contributed by atoms with Crippen LogP contribution in [-0.2, 0) is 4.79 Å². The number of amides is 1. The first kappa shape index (κ1) is 14.4. The van der Waals surface area contributed by atoms with Crippen LogP contribution in [0.1, 0.15) is 52.9 Å². The van der Waals surface area contributed by atoms with E-state index in [0.29, 0.717) is 6.04 Å². The Labute approximate surface area is 94.0 Å². The number of nitrogens with zero attached hydrogens (tertiary/aromatic N) is 1. The molecule has 0 aliphatic rings. The first-order valence-corrected chi connectivity index (χ1v) is 6.06. The quantitative estimate of drug-likeness (QED) is 0.706. The van der Waals surface area contributed by atoms with Crippen molar-refractivity contribution in [2.24, 2.45) is 5.73 Å². The van der Waals surface area contributed by atoms with Crippen molar-refractivity contribution < 1.29 is 4.79 Å². The molecule has 0 rings (SSSR count). The van der Waals surface area contributed by atoms with Gasteiger partial charge in [-0.1, -0.05) is 33.1 Å². The highest BCUT2D eigenvalue weighted by molar-refractivity contribution is 5.81. The van der Waals surface area contributed by atoms with Gasteiger partial charge in [-0.3, -0.25) is 4.79 Å². The van der Waals surface area contributed by atoms with Crippen LogP contribution >= 0.6 is 0 Å². The van der Waals surface area contributed by atoms with Crippen molar-refractivity contribution in [3.63, 3.8) is 0 Å². The highest BCUT2D eigenvalue weighted by Gasteiger charge is 2.20. The molecule has 1 amide bonds.